The molecule has 1 fully saturated rings. The Morgan fingerprint density at radius 1 is 1.11 bits per heavy atom. The van der Waals surface area contributed by atoms with Crippen LogP contribution < -0.4 is 4.31 Å². The third-order valence-electron chi connectivity index (χ3n) is 4.92. The second-order valence-electron chi connectivity index (χ2n) is 6.98. The normalized spacial score (nSPS) is 15.5. The van der Waals surface area contributed by atoms with Gasteiger partial charge in [0.2, 0.25) is 5.91 Å². The first-order valence-electron chi connectivity index (χ1n) is 9.09. The van der Waals surface area contributed by atoms with Crippen LogP contribution >= 0.6 is 23.2 Å². The minimum atomic E-state index is -4.00. The van der Waals surface area contributed by atoms with E-state index in [1.165, 1.54) is 24.3 Å². The maximum absolute atomic E-state index is 13.3. The molecule has 5 nitrogen and oxygen atoms in total. The molecule has 2 aromatic rings. The van der Waals surface area contributed by atoms with Gasteiger partial charge < -0.3 is 4.90 Å². The number of rotatable bonds is 5. The molecule has 2 aromatic carbocycles. The van der Waals surface area contributed by atoms with Gasteiger partial charge in [-0.15, -0.1) is 0 Å². The van der Waals surface area contributed by atoms with Crippen LogP contribution in [0.4, 0.5) is 5.69 Å². The lowest BCUT2D eigenvalue weighted by Gasteiger charge is -2.33. The summed E-state index contributed by atoms with van der Waals surface area (Å²) in [5.41, 5.74) is 0.191. The number of piperidine rings is 1. The van der Waals surface area contributed by atoms with E-state index in [4.69, 9.17) is 23.2 Å². The highest BCUT2D eigenvalue weighted by molar-refractivity contribution is 7.92. The maximum atomic E-state index is 13.3. The van der Waals surface area contributed by atoms with Gasteiger partial charge in [0.1, 0.15) is 6.54 Å². The van der Waals surface area contributed by atoms with Gasteiger partial charge in [0.15, 0.2) is 0 Å². The highest BCUT2D eigenvalue weighted by Gasteiger charge is 2.31. The van der Waals surface area contributed by atoms with Crippen LogP contribution in [0, 0.1) is 5.92 Å². The zero-order chi connectivity index (χ0) is 20.3. The van der Waals surface area contributed by atoms with Crippen molar-refractivity contribution < 1.29 is 13.2 Å². The largest absolute Gasteiger partial charge is 0.341 e. The Hall–Kier alpha value is -1.76. The van der Waals surface area contributed by atoms with Crippen molar-refractivity contribution in [2.45, 2.75) is 24.7 Å². The fraction of sp³-hybridized carbons (Fsp3) is 0.350. The Morgan fingerprint density at radius 3 is 2.39 bits per heavy atom. The molecular formula is C20H22Cl2N2O3S. The quantitative estimate of drug-likeness (QED) is 0.689. The van der Waals surface area contributed by atoms with E-state index in [2.05, 4.69) is 6.92 Å². The average Bonchev–Trinajstić information content (AvgIpc) is 2.69. The molecule has 0 aromatic heterocycles. The molecule has 1 aliphatic rings. The van der Waals surface area contributed by atoms with Crippen LogP contribution in [0.25, 0.3) is 0 Å². The molecule has 1 heterocycles. The summed E-state index contributed by atoms with van der Waals surface area (Å²) in [5, 5.41) is 0.552. The molecule has 0 unspecified atom stereocenters. The molecule has 28 heavy (non-hydrogen) atoms. The minimum Gasteiger partial charge on any atom is -0.341 e. The Kier molecular flexibility index (Phi) is 6.53. The lowest BCUT2D eigenvalue weighted by atomic mass is 9.99. The Labute approximate surface area is 175 Å². The summed E-state index contributed by atoms with van der Waals surface area (Å²) in [6, 6.07) is 12.6. The first-order chi connectivity index (χ1) is 13.3. The number of hydrogen-bond donors (Lipinski definition) is 0. The van der Waals surface area contributed by atoms with Crippen molar-refractivity contribution in [2.75, 3.05) is 23.9 Å². The van der Waals surface area contributed by atoms with Crippen molar-refractivity contribution in [3.63, 3.8) is 0 Å². The van der Waals surface area contributed by atoms with Crippen LogP contribution in [0.3, 0.4) is 0 Å². The number of likely N-dealkylation sites (tertiary alicyclic amines) is 1. The van der Waals surface area contributed by atoms with Crippen LogP contribution in [-0.4, -0.2) is 38.9 Å². The third-order valence-corrected chi connectivity index (χ3v) is 7.25. The molecule has 8 heteroatoms. The lowest BCUT2D eigenvalue weighted by Crippen LogP contribution is -2.45. The molecule has 150 valence electrons. The summed E-state index contributed by atoms with van der Waals surface area (Å²) in [7, 11) is -4.00. The smallest absolute Gasteiger partial charge is 0.264 e. The van der Waals surface area contributed by atoms with Gasteiger partial charge in [-0.3, -0.25) is 9.10 Å². The molecule has 1 aliphatic heterocycles. The number of nitrogens with zero attached hydrogens (tertiary/aromatic N) is 2. The van der Waals surface area contributed by atoms with Gasteiger partial charge in [0.05, 0.1) is 15.6 Å². The van der Waals surface area contributed by atoms with E-state index in [0.29, 0.717) is 24.0 Å². The summed E-state index contributed by atoms with van der Waals surface area (Å²) < 4.78 is 27.7. The van der Waals surface area contributed by atoms with Gasteiger partial charge in [-0.1, -0.05) is 48.3 Å². The van der Waals surface area contributed by atoms with Crippen molar-refractivity contribution in [3.05, 3.63) is 58.6 Å². The van der Waals surface area contributed by atoms with Crippen molar-refractivity contribution in [2.24, 2.45) is 5.92 Å². The summed E-state index contributed by atoms with van der Waals surface area (Å²) in [4.78, 5) is 14.7. The Bertz CT molecular complexity index is 943. The predicted octanol–water partition coefficient (Wildman–Crippen LogP) is 4.45. The second kappa shape index (κ2) is 8.72. The SMILES string of the molecule is CC1CCN(C(=O)CN(c2cc(Cl)ccc2Cl)S(=O)(=O)c2ccccc2)CC1. The number of carbonyl (C=O) groups excluding carboxylic acids is 1. The zero-order valence-corrected chi connectivity index (χ0v) is 17.8. The molecule has 0 atom stereocenters. The zero-order valence-electron chi connectivity index (χ0n) is 15.5. The maximum Gasteiger partial charge on any atom is 0.264 e. The van der Waals surface area contributed by atoms with Crippen LogP contribution in [0.15, 0.2) is 53.4 Å². The number of carbonyl (C=O) groups is 1. The molecule has 0 saturated carbocycles. The Morgan fingerprint density at radius 2 is 1.75 bits per heavy atom. The van der Waals surface area contributed by atoms with Crippen LogP contribution in [0.1, 0.15) is 19.8 Å². The molecule has 0 spiro atoms. The number of amides is 1. The number of benzene rings is 2. The highest BCUT2D eigenvalue weighted by Crippen LogP contribution is 2.33. The molecule has 0 N–H and O–H groups in total. The van der Waals surface area contributed by atoms with E-state index >= 15 is 0 Å². The van der Waals surface area contributed by atoms with Crippen LogP contribution in [-0.2, 0) is 14.8 Å². The molecule has 1 saturated heterocycles. The predicted molar refractivity (Wildman–Crippen MR) is 112 cm³/mol. The van der Waals surface area contributed by atoms with Gasteiger partial charge in [0, 0.05) is 18.1 Å². The molecule has 0 aliphatic carbocycles. The van der Waals surface area contributed by atoms with Gasteiger partial charge in [0.25, 0.3) is 10.0 Å². The van der Waals surface area contributed by atoms with E-state index in [-0.39, 0.29) is 28.1 Å². The van der Waals surface area contributed by atoms with Gasteiger partial charge in [-0.25, -0.2) is 8.42 Å². The molecule has 3 rings (SSSR count). The summed E-state index contributed by atoms with van der Waals surface area (Å²) in [6.07, 6.45) is 1.82. The lowest BCUT2D eigenvalue weighted by molar-refractivity contribution is -0.130. The third kappa shape index (κ3) is 4.62. The number of sulfonamides is 1. The van der Waals surface area contributed by atoms with E-state index in [0.717, 1.165) is 17.1 Å². The van der Waals surface area contributed by atoms with Crippen LogP contribution in [0.2, 0.25) is 10.0 Å². The summed E-state index contributed by atoms with van der Waals surface area (Å²) in [5.74, 6) is 0.318. The highest BCUT2D eigenvalue weighted by atomic mass is 35.5. The fourth-order valence-electron chi connectivity index (χ4n) is 3.18. The fourth-order valence-corrected chi connectivity index (χ4v) is 5.06. The van der Waals surface area contributed by atoms with Crippen molar-refractivity contribution in [3.8, 4) is 0 Å². The number of hydrogen-bond acceptors (Lipinski definition) is 3. The molecule has 0 radical (unpaired) electrons. The van der Waals surface area contributed by atoms with Gasteiger partial charge in [-0.2, -0.15) is 0 Å². The van der Waals surface area contributed by atoms with E-state index in [1.807, 2.05) is 0 Å². The van der Waals surface area contributed by atoms with Crippen LogP contribution in [0.5, 0.6) is 0 Å². The average molecular weight is 441 g/mol. The monoisotopic (exact) mass is 440 g/mol. The minimum absolute atomic E-state index is 0.0890. The first-order valence-corrected chi connectivity index (χ1v) is 11.3. The van der Waals surface area contributed by atoms with Gasteiger partial charge in [-0.05, 0) is 49.1 Å². The summed E-state index contributed by atoms with van der Waals surface area (Å²) in [6.45, 7) is 3.08. The topological polar surface area (TPSA) is 57.7 Å². The van der Waals surface area contributed by atoms with Crippen molar-refractivity contribution in [1.29, 1.82) is 0 Å². The number of halogens is 2. The first kappa shape index (κ1) is 21.0. The second-order valence-corrected chi connectivity index (χ2v) is 9.69. The van der Waals surface area contributed by atoms with Gasteiger partial charge >= 0.3 is 0 Å². The number of anilines is 1. The van der Waals surface area contributed by atoms with E-state index in [9.17, 15) is 13.2 Å². The standard InChI is InChI=1S/C20H22Cl2N2O3S/c1-15-9-11-23(12-10-15)20(25)14-24(19-13-16(21)7-8-18(19)22)28(26,27)17-5-3-2-4-6-17/h2-8,13,15H,9-12,14H2,1H3. The molecular weight excluding hydrogens is 419 g/mol. The van der Waals surface area contributed by atoms with Crippen molar-refractivity contribution >= 4 is 44.8 Å². The van der Waals surface area contributed by atoms with E-state index in [1.54, 1.807) is 29.2 Å². The molecule has 1 amide bonds. The van der Waals surface area contributed by atoms with Crippen molar-refractivity contribution in [1.82, 2.24) is 4.90 Å². The van der Waals surface area contributed by atoms with E-state index < -0.39 is 10.0 Å². The Balaban J connectivity index is 1.98. The molecule has 0 bridgehead atoms. The summed E-state index contributed by atoms with van der Waals surface area (Å²) >= 11 is 12.4.